The molecule has 1 rings (SSSR count). The molecular formula is C13H23NO4. The van der Waals surface area contributed by atoms with Crippen molar-refractivity contribution in [3.63, 3.8) is 0 Å². The summed E-state index contributed by atoms with van der Waals surface area (Å²) in [6.45, 7) is 6.72. The Balaban J connectivity index is 1.96. The highest BCUT2D eigenvalue weighted by molar-refractivity contribution is 5.78. The molecule has 1 amide bonds. The summed E-state index contributed by atoms with van der Waals surface area (Å²) in [6, 6.07) is 0. The first-order valence-corrected chi connectivity index (χ1v) is 6.47. The van der Waals surface area contributed by atoms with Crippen LogP contribution in [0.1, 0.15) is 46.5 Å². The number of rotatable bonds is 7. The van der Waals surface area contributed by atoms with Crippen LogP contribution in [0.3, 0.4) is 0 Å². The van der Waals surface area contributed by atoms with Gasteiger partial charge in [-0.2, -0.15) is 0 Å². The number of carbonyl (C=O) groups excluding carboxylic acids is 2. The molecule has 0 radical (unpaired) electrons. The molecule has 18 heavy (non-hydrogen) atoms. The Morgan fingerprint density at radius 2 is 2.00 bits per heavy atom. The van der Waals surface area contributed by atoms with Gasteiger partial charge in [0.25, 0.3) is 0 Å². The molecule has 1 saturated heterocycles. The van der Waals surface area contributed by atoms with E-state index in [0.29, 0.717) is 31.9 Å². The van der Waals surface area contributed by atoms with Gasteiger partial charge in [0, 0.05) is 19.4 Å². The van der Waals surface area contributed by atoms with E-state index < -0.39 is 11.7 Å². The topological polar surface area (TPSA) is 67.9 Å². The quantitative estimate of drug-likeness (QED) is 0.560. The zero-order valence-electron chi connectivity index (χ0n) is 11.5. The summed E-state index contributed by atoms with van der Waals surface area (Å²) in [6.07, 6.45) is 2.46. The van der Waals surface area contributed by atoms with Gasteiger partial charge in [0.05, 0.1) is 12.7 Å². The van der Waals surface area contributed by atoms with Crippen molar-refractivity contribution in [2.24, 2.45) is 0 Å². The summed E-state index contributed by atoms with van der Waals surface area (Å²) in [5.41, 5.74) is -0.482. The number of hydrogen-bond donors (Lipinski definition) is 1. The third-order valence-corrected chi connectivity index (χ3v) is 2.45. The van der Waals surface area contributed by atoms with E-state index in [0.717, 1.165) is 13.0 Å². The number of carbonyl (C=O) groups is 2. The largest absolute Gasteiger partial charge is 0.444 e. The van der Waals surface area contributed by atoms with E-state index in [2.05, 4.69) is 5.32 Å². The lowest BCUT2D eigenvalue weighted by Crippen LogP contribution is -2.33. The molecule has 0 aromatic carbocycles. The minimum absolute atomic E-state index is 0.233. The molecule has 0 bridgehead atoms. The van der Waals surface area contributed by atoms with E-state index >= 15 is 0 Å². The van der Waals surface area contributed by atoms with Gasteiger partial charge in [-0.3, -0.25) is 4.79 Å². The van der Waals surface area contributed by atoms with E-state index in [-0.39, 0.29) is 5.78 Å². The molecule has 1 aliphatic heterocycles. The molecule has 1 unspecified atom stereocenters. The molecule has 0 aliphatic carbocycles. The molecular weight excluding hydrogens is 234 g/mol. The maximum atomic E-state index is 11.4. The van der Waals surface area contributed by atoms with E-state index in [4.69, 9.17) is 9.47 Å². The molecule has 1 N–H and O–H groups in total. The molecule has 0 spiro atoms. The number of alkyl carbamates (subject to hydrolysis) is 1. The molecule has 1 heterocycles. The van der Waals surface area contributed by atoms with Crippen molar-refractivity contribution in [3.8, 4) is 0 Å². The fraction of sp³-hybridized carbons (Fsp3) is 0.846. The lowest BCUT2D eigenvalue weighted by Gasteiger charge is -2.19. The van der Waals surface area contributed by atoms with Crippen molar-refractivity contribution in [1.82, 2.24) is 5.32 Å². The average Bonchev–Trinajstić information content (AvgIpc) is 3.02. The molecule has 1 aliphatic rings. The van der Waals surface area contributed by atoms with Gasteiger partial charge in [-0.1, -0.05) is 0 Å². The van der Waals surface area contributed by atoms with E-state index in [1.807, 2.05) is 20.8 Å². The van der Waals surface area contributed by atoms with Gasteiger partial charge in [-0.15, -0.1) is 0 Å². The SMILES string of the molecule is CC(C)(C)OC(=O)NCCCC(=O)CCC1CO1. The van der Waals surface area contributed by atoms with Crippen molar-refractivity contribution in [2.75, 3.05) is 13.2 Å². The van der Waals surface area contributed by atoms with Crippen molar-refractivity contribution < 1.29 is 19.1 Å². The van der Waals surface area contributed by atoms with E-state index in [1.165, 1.54) is 0 Å². The summed E-state index contributed by atoms with van der Waals surface area (Å²) in [7, 11) is 0. The smallest absolute Gasteiger partial charge is 0.407 e. The monoisotopic (exact) mass is 257 g/mol. The van der Waals surface area contributed by atoms with Crippen LogP contribution in [0.2, 0.25) is 0 Å². The van der Waals surface area contributed by atoms with Gasteiger partial charge in [0.2, 0.25) is 0 Å². The van der Waals surface area contributed by atoms with E-state index in [1.54, 1.807) is 0 Å². The van der Waals surface area contributed by atoms with Gasteiger partial charge < -0.3 is 14.8 Å². The normalized spacial score (nSPS) is 18.3. The van der Waals surface area contributed by atoms with Crippen LogP contribution in [-0.4, -0.2) is 36.7 Å². The first-order valence-electron chi connectivity index (χ1n) is 6.47. The number of hydrogen-bond acceptors (Lipinski definition) is 4. The van der Waals surface area contributed by atoms with Crippen LogP contribution < -0.4 is 5.32 Å². The highest BCUT2D eigenvalue weighted by Gasteiger charge is 2.22. The Labute approximate surface area is 108 Å². The number of Topliss-reactive ketones (excluding diaryl/α,β-unsaturated/α-hetero) is 1. The maximum absolute atomic E-state index is 11.4. The van der Waals surface area contributed by atoms with Crippen LogP contribution in [0.5, 0.6) is 0 Å². The zero-order chi connectivity index (χ0) is 13.6. The van der Waals surface area contributed by atoms with Gasteiger partial charge in [0.15, 0.2) is 0 Å². The third kappa shape index (κ3) is 8.06. The minimum atomic E-state index is -0.482. The summed E-state index contributed by atoms with van der Waals surface area (Å²) in [5.74, 6) is 0.233. The lowest BCUT2D eigenvalue weighted by atomic mass is 10.1. The van der Waals surface area contributed by atoms with Crippen LogP contribution in [0.15, 0.2) is 0 Å². The Hall–Kier alpha value is -1.10. The number of ketones is 1. The van der Waals surface area contributed by atoms with Crippen molar-refractivity contribution in [3.05, 3.63) is 0 Å². The Bertz CT molecular complexity index is 292. The zero-order valence-corrected chi connectivity index (χ0v) is 11.5. The maximum Gasteiger partial charge on any atom is 0.407 e. The molecule has 5 heteroatoms. The van der Waals surface area contributed by atoms with Gasteiger partial charge >= 0.3 is 6.09 Å². The molecule has 1 fully saturated rings. The first kappa shape index (κ1) is 15.0. The standard InChI is InChI=1S/C13H23NO4/c1-13(2,3)18-12(16)14-8-4-5-10(15)6-7-11-9-17-11/h11H,4-9H2,1-3H3,(H,14,16). The summed E-state index contributed by atoms with van der Waals surface area (Å²) in [5, 5.41) is 2.63. The molecule has 0 aromatic heterocycles. The Kier molecular flexibility index (Phi) is 5.59. The molecule has 0 saturated carbocycles. The van der Waals surface area contributed by atoms with Crippen LogP contribution in [0.4, 0.5) is 4.79 Å². The predicted octanol–water partition coefficient (Wildman–Crippen LogP) is 2.04. The second-order valence-corrected chi connectivity index (χ2v) is 5.56. The molecule has 104 valence electrons. The molecule has 5 nitrogen and oxygen atoms in total. The number of epoxide rings is 1. The predicted molar refractivity (Wildman–Crippen MR) is 67.5 cm³/mol. The van der Waals surface area contributed by atoms with Crippen LogP contribution in [0.25, 0.3) is 0 Å². The van der Waals surface area contributed by atoms with Crippen LogP contribution >= 0.6 is 0 Å². The van der Waals surface area contributed by atoms with Crippen LogP contribution in [-0.2, 0) is 14.3 Å². The fourth-order valence-corrected chi connectivity index (χ4v) is 1.47. The average molecular weight is 257 g/mol. The second-order valence-electron chi connectivity index (χ2n) is 5.56. The van der Waals surface area contributed by atoms with E-state index in [9.17, 15) is 9.59 Å². The summed E-state index contributed by atoms with van der Waals surface area (Å²) < 4.78 is 10.1. The Morgan fingerprint density at radius 1 is 1.33 bits per heavy atom. The fourth-order valence-electron chi connectivity index (χ4n) is 1.47. The molecule has 0 aromatic rings. The van der Waals surface area contributed by atoms with Gasteiger partial charge in [-0.25, -0.2) is 4.79 Å². The summed E-state index contributed by atoms with van der Waals surface area (Å²) in [4.78, 5) is 22.7. The van der Waals surface area contributed by atoms with Crippen molar-refractivity contribution in [2.45, 2.75) is 58.2 Å². The minimum Gasteiger partial charge on any atom is -0.444 e. The summed E-state index contributed by atoms with van der Waals surface area (Å²) >= 11 is 0. The number of ether oxygens (including phenoxy) is 2. The Morgan fingerprint density at radius 3 is 2.56 bits per heavy atom. The highest BCUT2D eigenvalue weighted by Crippen LogP contribution is 2.16. The van der Waals surface area contributed by atoms with Gasteiger partial charge in [0.1, 0.15) is 11.4 Å². The highest BCUT2D eigenvalue weighted by atomic mass is 16.6. The second kappa shape index (κ2) is 6.73. The lowest BCUT2D eigenvalue weighted by molar-refractivity contribution is -0.119. The number of nitrogens with one attached hydrogen (secondary N) is 1. The van der Waals surface area contributed by atoms with Gasteiger partial charge in [-0.05, 0) is 33.6 Å². The van der Waals surface area contributed by atoms with Crippen molar-refractivity contribution >= 4 is 11.9 Å². The first-order chi connectivity index (χ1) is 8.37. The van der Waals surface area contributed by atoms with Crippen molar-refractivity contribution in [1.29, 1.82) is 0 Å². The third-order valence-electron chi connectivity index (χ3n) is 2.45. The van der Waals surface area contributed by atoms with Crippen LogP contribution in [0, 0.1) is 0 Å². The number of amides is 1. The molecule has 1 atom stereocenters.